The van der Waals surface area contributed by atoms with Crippen LogP contribution < -0.4 is 11.2 Å². The van der Waals surface area contributed by atoms with Gasteiger partial charge in [0.1, 0.15) is 0 Å². The van der Waals surface area contributed by atoms with E-state index in [4.69, 9.17) is 22.2 Å². The Morgan fingerprint density at radius 1 is 1.80 bits per heavy atom. The van der Waals surface area contributed by atoms with Crippen molar-refractivity contribution in [2.75, 3.05) is 13.7 Å². The van der Waals surface area contributed by atoms with E-state index < -0.39 is 0 Å². The summed E-state index contributed by atoms with van der Waals surface area (Å²) in [5.74, 6) is 0. The number of halogens is 1. The van der Waals surface area contributed by atoms with Gasteiger partial charge in [0.05, 0.1) is 18.2 Å². The Morgan fingerprint density at radius 3 is 3.07 bits per heavy atom. The van der Waals surface area contributed by atoms with Gasteiger partial charge in [-0.3, -0.25) is 10.3 Å². The van der Waals surface area contributed by atoms with E-state index in [9.17, 15) is 0 Å². The highest BCUT2D eigenvalue weighted by Gasteiger charge is 2.14. The van der Waals surface area contributed by atoms with E-state index in [2.05, 4.69) is 11.6 Å². The van der Waals surface area contributed by atoms with Crippen LogP contribution in [0.25, 0.3) is 0 Å². The van der Waals surface area contributed by atoms with Crippen molar-refractivity contribution in [1.29, 1.82) is 0 Å². The standard InChI is InChI=1S/C11H17ClN2O/c1-3-11(14-15-2)9-4-8(7-13)5-10(12)6-9/h3-4,6,10,14H,5,7,13H2,1-2H3. The van der Waals surface area contributed by atoms with Crippen LogP contribution >= 0.6 is 11.6 Å². The zero-order valence-corrected chi connectivity index (χ0v) is 9.84. The van der Waals surface area contributed by atoms with Gasteiger partial charge in [-0.05, 0) is 18.9 Å². The first-order valence-corrected chi connectivity index (χ1v) is 5.36. The maximum Gasteiger partial charge on any atom is 0.0636 e. The van der Waals surface area contributed by atoms with E-state index in [-0.39, 0.29) is 5.38 Å². The fraction of sp³-hybridized carbons (Fsp3) is 0.455. The summed E-state index contributed by atoms with van der Waals surface area (Å²) >= 11 is 6.12. The number of nitrogens with one attached hydrogen (secondary N) is 1. The molecule has 0 saturated heterocycles. The van der Waals surface area contributed by atoms with E-state index in [1.165, 1.54) is 0 Å². The number of nitrogens with two attached hydrogens (primary N) is 1. The van der Waals surface area contributed by atoms with E-state index in [1.54, 1.807) is 7.11 Å². The molecule has 3 N–H and O–H groups in total. The lowest BCUT2D eigenvalue weighted by molar-refractivity contribution is 0.120. The van der Waals surface area contributed by atoms with Crippen molar-refractivity contribution in [3.05, 3.63) is 35.1 Å². The first-order valence-electron chi connectivity index (χ1n) is 4.92. The average molecular weight is 229 g/mol. The molecule has 0 fully saturated rings. The van der Waals surface area contributed by atoms with Gasteiger partial charge in [0.15, 0.2) is 0 Å². The minimum Gasteiger partial charge on any atom is -0.327 e. The molecule has 0 aromatic heterocycles. The van der Waals surface area contributed by atoms with Gasteiger partial charge in [0, 0.05) is 6.54 Å². The maximum atomic E-state index is 6.12. The normalized spacial score (nSPS) is 22.1. The van der Waals surface area contributed by atoms with Gasteiger partial charge in [-0.15, -0.1) is 11.6 Å². The van der Waals surface area contributed by atoms with Crippen LogP contribution in [0.4, 0.5) is 0 Å². The molecule has 1 aliphatic rings. The topological polar surface area (TPSA) is 47.3 Å². The molecule has 0 heterocycles. The number of alkyl halides is 1. The highest BCUT2D eigenvalue weighted by molar-refractivity contribution is 6.22. The van der Waals surface area contributed by atoms with Crippen molar-refractivity contribution in [2.45, 2.75) is 18.7 Å². The Morgan fingerprint density at radius 2 is 2.53 bits per heavy atom. The Hall–Kier alpha value is -0.770. The summed E-state index contributed by atoms with van der Waals surface area (Å²) in [6.45, 7) is 2.49. The highest BCUT2D eigenvalue weighted by Crippen LogP contribution is 2.24. The van der Waals surface area contributed by atoms with Crippen molar-refractivity contribution in [3.63, 3.8) is 0 Å². The molecular weight excluding hydrogens is 212 g/mol. The van der Waals surface area contributed by atoms with Gasteiger partial charge in [-0.25, -0.2) is 0 Å². The molecule has 0 amide bonds. The maximum absolute atomic E-state index is 6.12. The number of rotatable bonds is 4. The van der Waals surface area contributed by atoms with Gasteiger partial charge >= 0.3 is 0 Å². The van der Waals surface area contributed by atoms with Gasteiger partial charge in [-0.1, -0.05) is 23.8 Å². The second-order valence-corrected chi connectivity index (χ2v) is 3.92. The molecule has 0 aliphatic heterocycles. The van der Waals surface area contributed by atoms with E-state index in [0.717, 1.165) is 23.3 Å². The second kappa shape index (κ2) is 5.95. The molecule has 84 valence electrons. The predicted molar refractivity (Wildman–Crippen MR) is 63.4 cm³/mol. The first kappa shape index (κ1) is 12.3. The molecule has 0 aromatic rings. The molecule has 0 bridgehead atoms. The van der Waals surface area contributed by atoms with Gasteiger partial charge < -0.3 is 5.73 Å². The quantitative estimate of drug-likeness (QED) is 0.571. The predicted octanol–water partition coefficient (Wildman–Crippen LogP) is 1.86. The molecule has 0 spiro atoms. The Kier molecular flexibility index (Phi) is 4.88. The number of hydrogen-bond donors (Lipinski definition) is 2. The summed E-state index contributed by atoms with van der Waals surface area (Å²) in [4.78, 5) is 4.89. The molecule has 3 nitrogen and oxygen atoms in total. The molecular formula is C11H17ClN2O. The molecule has 1 aliphatic carbocycles. The molecule has 15 heavy (non-hydrogen) atoms. The number of allylic oxidation sites excluding steroid dienone is 3. The van der Waals surface area contributed by atoms with Crippen molar-refractivity contribution in [2.24, 2.45) is 5.73 Å². The molecule has 4 heteroatoms. The number of hydroxylamine groups is 1. The van der Waals surface area contributed by atoms with Crippen LogP contribution in [-0.2, 0) is 4.84 Å². The summed E-state index contributed by atoms with van der Waals surface area (Å²) in [5.41, 5.74) is 11.5. The molecule has 0 saturated carbocycles. The van der Waals surface area contributed by atoms with Gasteiger partial charge in [0.2, 0.25) is 0 Å². The molecule has 1 unspecified atom stereocenters. The van der Waals surface area contributed by atoms with Crippen LogP contribution in [0.5, 0.6) is 0 Å². The minimum absolute atomic E-state index is 0.0113. The SMILES string of the molecule is CC=C(NOC)C1=CC(Cl)CC(CN)=C1. The molecule has 0 aromatic carbocycles. The Balaban J connectivity index is 2.88. The Bertz CT molecular complexity index is 308. The van der Waals surface area contributed by atoms with E-state index in [1.807, 2.05) is 19.1 Å². The first-order chi connectivity index (χ1) is 7.21. The van der Waals surface area contributed by atoms with Crippen molar-refractivity contribution >= 4 is 11.6 Å². The molecule has 1 rings (SSSR count). The van der Waals surface area contributed by atoms with Crippen LogP contribution in [0.15, 0.2) is 35.1 Å². The third kappa shape index (κ3) is 3.38. The zero-order valence-electron chi connectivity index (χ0n) is 9.09. The lowest BCUT2D eigenvalue weighted by atomic mass is 9.97. The monoisotopic (exact) mass is 228 g/mol. The fourth-order valence-electron chi connectivity index (χ4n) is 1.54. The van der Waals surface area contributed by atoms with Crippen molar-refractivity contribution in [1.82, 2.24) is 5.48 Å². The fourth-order valence-corrected chi connectivity index (χ4v) is 1.87. The van der Waals surface area contributed by atoms with Crippen LogP contribution in [0.1, 0.15) is 13.3 Å². The van der Waals surface area contributed by atoms with Crippen LogP contribution in [0, 0.1) is 0 Å². The van der Waals surface area contributed by atoms with Crippen molar-refractivity contribution < 1.29 is 4.84 Å². The van der Waals surface area contributed by atoms with Crippen LogP contribution in [0.2, 0.25) is 0 Å². The summed E-state index contributed by atoms with van der Waals surface area (Å²) in [6, 6.07) is 0. The summed E-state index contributed by atoms with van der Waals surface area (Å²) in [7, 11) is 1.58. The summed E-state index contributed by atoms with van der Waals surface area (Å²) < 4.78 is 0. The minimum atomic E-state index is 0.0113. The van der Waals surface area contributed by atoms with Crippen molar-refractivity contribution in [3.8, 4) is 0 Å². The zero-order chi connectivity index (χ0) is 11.3. The highest BCUT2D eigenvalue weighted by atomic mass is 35.5. The molecule has 1 atom stereocenters. The lowest BCUT2D eigenvalue weighted by Crippen LogP contribution is -2.17. The van der Waals surface area contributed by atoms with Gasteiger partial charge in [0.25, 0.3) is 0 Å². The van der Waals surface area contributed by atoms with Gasteiger partial charge in [-0.2, -0.15) is 0 Å². The second-order valence-electron chi connectivity index (χ2n) is 3.36. The number of hydrogen-bond acceptors (Lipinski definition) is 3. The molecule has 0 radical (unpaired) electrons. The van der Waals surface area contributed by atoms with Crippen LogP contribution in [-0.4, -0.2) is 19.0 Å². The summed E-state index contributed by atoms with van der Waals surface area (Å²) in [5, 5.41) is 0.0113. The van der Waals surface area contributed by atoms with E-state index >= 15 is 0 Å². The largest absolute Gasteiger partial charge is 0.327 e. The average Bonchev–Trinajstić information content (AvgIpc) is 2.24. The smallest absolute Gasteiger partial charge is 0.0636 e. The van der Waals surface area contributed by atoms with Crippen LogP contribution in [0.3, 0.4) is 0 Å². The Labute approximate surface area is 95.6 Å². The van der Waals surface area contributed by atoms with E-state index in [0.29, 0.717) is 6.54 Å². The third-order valence-electron chi connectivity index (χ3n) is 2.25. The summed E-state index contributed by atoms with van der Waals surface area (Å²) in [6.07, 6.45) is 6.82. The lowest BCUT2D eigenvalue weighted by Gasteiger charge is -2.18. The third-order valence-corrected chi connectivity index (χ3v) is 2.53.